The van der Waals surface area contributed by atoms with Crippen molar-refractivity contribution in [2.24, 2.45) is 0 Å². The zero-order valence-corrected chi connectivity index (χ0v) is 16.8. The number of nitrogens with zero attached hydrogens (tertiary/aromatic N) is 1. The molecule has 1 aliphatic rings. The topological polar surface area (TPSA) is 41.6 Å². The molecule has 0 radical (unpaired) electrons. The number of carbonyl (C=O) groups excluding carboxylic acids is 1. The molecule has 1 atom stereocenters. The Hall–Kier alpha value is -1.40. The largest absolute Gasteiger partial charge is 0.377 e. The van der Waals surface area contributed by atoms with E-state index in [0.717, 1.165) is 43.7 Å². The van der Waals surface area contributed by atoms with Gasteiger partial charge in [0.2, 0.25) is 5.91 Å². The van der Waals surface area contributed by atoms with Crippen molar-refractivity contribution < 1.29 is 9.53 Å². The molecule has 2 aromatic rings. The number of rotatable bonds is 7. The van der Waals surface area contributed by atoms with Gasteiger partial charge >= 0.3 is 0 Å². The van der Waals surface area contributed by atoms with Crippen LogP contribution < -0.4 is 5.32 Å². The molecule has 1 saturated heterocycles. The number of amides is 1. The number of halogens is 1. The minimum atomic E-state index is -0.0478. The quantitative estimate of drug-likeness (QED) is 0.746. The van der Waals surface area contributed by atoms with Crippen molar-refractivity contribution in [3.63, 3.8) is 0 Å². The van der Waals surface area contributed by atoms with Crippen molar-refractivity contribution in [1.29, 1.82) is 0 Å². The fourth-order valence-corrected chi connectivity index (χ4v) is 4.45. The van der Waals surface area contributed by atoms with Crippen LogP contribution in [0.5, 0.6) is 0 Å². The Morgan fingerprint density at radius 2 is 2.27 bits per heavy atom. The van der Waals surface area contributed by atoms with Crippen LogP contribution in [0.25, 0.3) is 0 Å². The minimum Gasteiger partial charge on any atom is -0.377 e. The first kappa shape index (κ1) is 19.4. The molecule has 1 amide bonds. The Labute approximate surface area is 164 Å². The third-order valence-electron chi connectivity index (χ3n) is 4.51. The van der Waals surface area contributed by atoms with Crippen LogP contribution in [0.1, 0.15) is 28.8 Å². The lowest BCUT2D eigenvalue weighted by Crippen LogP contribution is -2.37. The predicted octanol–water partition coefficient (Wildman–Crippen LogP) is 4.64. The third-order valence-corrected chi connectivity index (χ3v) is 5.67. The molecule has 0 aliphatic carbocycles. The fourth-order valence-electron chi connectivity index (χ4n) is 3.34. The number of hydrogen-bond acceptors (Lipinski definition) is 4. The Morgan fingerprint density at radius 1 is 1.42 bits per heavy atom. The molecule has 1 aliphatic heterocycles. The highest BCUT2D eigenvalue weighted by molar-refractivity contribution is 7.09. The van der Waals surface area contributed by atoms with Crippen LogP contribution in [0.2, 0.25) is 5.02 Å². The van der Waals surface area contributed by atoms with Gasteiger partial charge in [0, 0.05) is 24.6 Å². The van der Waals surface area contributed by atoms with Crippen LogP contribution in [-0.4, -0.2) is 36.6 Å². The van der Waals surface area contributed by atoms with Gasteiger partial charge in [-0.05, 0) is 55.3 Å². The number of aryl methyl sites for hydroxylation is 2. The second-order valence-electron chi connectivity index (χ2n) is 6.87. The fraction of sp³-hybridized carbons (Fsp3) is 0.450. The molecule has 6 heteroatoms. The van der Waals surface area contributed by atoms with Gasteiger partial charge in [-0.25, -0.2) is 0 Å². The molecule has 4 nitrogen and oxygen atoms in total. The van der Waals surface area contributed by atoms with E-state index in [9.17, 15) is 4.79 Å². The average Bonchev–Trinajstić information content (AvgIpc) is 3.24. The monoisotopic (exact) mass is 392 g/mol. The lowest BCUT2D eigenvalue weighted by molar-refractivity contribution is -0.117. The van der Waals surface area contributed by atoms with Crippen molar-refractivity contribution in [1.82, 2.24) is 4.90 Å². The molecule has 1 fully saturated rings. The van der Waals surface area contributed by atoms with E-state index in [0.29, 0.717) is 17.3 Å². The summed E-state index contributed by atoms with van der Waals surface area (Å²) in [4.78, 5) is 16.1. The lowest BCUT2D eigenvalue weighted by atomic mass is 10.1. The highest BCUT2D eigenvalue weighted by Crippen LogP contribution is 2.27. The highest BCUT2D eigenvalue weighted by Gasteiger charge is 2.22. The van der Waals surface area contributed by atoms with Crippen molar-refractivity contribution in [3.05, 3.63) is 50.7 Å². The first-order valence-electron chi connectivity index (χ1n) is 8.94. The standard InChI is InChI=1S/C20H25ClN2O2S/c1-14-9-15(2)20(18(21)10-14)22-19(24)13-23(11-16-5-3-7-25-16)12-17-6-4-8-26-17/h4,6,8-10,16H,3,5,7,11-13H2,1-2H3,(H,22,24)/t16-/m0/s1. The Kier molecular flexibility index (Phi) is 6.70. The number of benzene rings is 1. The normalized spacial score (nSPS) is 17.0. The summed E-state index contributed by atoms with van der Waals surface area (Å²) in [5.41, 5.74) is 2.77. The van der Waals surface area contributed by atoms with Crippen LogP contribution in [0, 0.1) is 13.8 Å². The lowest BCUT2D eigenvalue weighted by Gasteiger charge is -2.24. The summed E-state index contributed by atoms with van der Waals surface area (Å²) in [7, 11) is 0. The molecule has 1 aromatic heterocycles. The minimum absolute atomic E-state index is 0.0478. The van der Waals surface area contributed by atoms with Crippen LogP contribution in [0.4, 0.5) is 5.69 Å². The molecular formula is C20H25ClN2O2S. The molecule has 0 bridgehead atoms. The maximum Gasteiger partial charge on any atom is 0.238 e. The maximum atomic E-state index is 12.7. The number of carbonyl (C=O) groups is 1. The SMILES string of the molecule is Cc1cc(C)c(NC(=O)CN(Cc2cccs2)C[C@@H]2CCCO2)c(Cl)c1. The van der Waals surface area contributed by atoms with Gasteiger partial charge in [-0.2, -0.15) is 0 Å². The summed E-state index contributed by atoms with van der Waals surface area (Å²) in [5, 5.41) is 5.64. The molecule has 3 rings (SSSR count). The number of anilines is 1. The number of nitrogens with one attached hydrogen (secondary N) is 1. The zero-order valence-electron chi connectivity index (χ0n) is 15.3. The smallest absolute Gasteiger partial charge is 0.238 e. The summed E-state index contributed by atoms with van der Waals surface area (Å²) < 4.78 is 5.76. The van der Waals surface area contributed by atoms with E-state index >= 15 is 0 Å². The van der Waals surface area contributed by atoms with Gasteiger partial charge in [-0.1, -0.05) is 23.7 Å². The second kappa shape index (κ2) is 9.00. The van der Waals surface area contributed by atoms with E-state index in [1.807, 2.05) is 32.0 Å². The summed E-state index contributed by atoms with van der Waals surface area (Å²) >= 11 is 8.03. The molecular weight excluding hydrogens is 368 g/mol. The molecule has 0 spiro atoms. The molecule has 1 aromatic carbocycles. The summed E-state index contributed by atoms with van der Waals surface area (Å²) in [6, 6.07) is 8.04. The summed E-state index contributed by atoms with van der Waals surface area (Å²) in [6.45, 7) is 6.62. The molecule has 0 unspecified atom stereocenters. The van der Waals surface area contributed by atoms with Crippen molar-refractivity contribution in [2.45, 2.75) is 39.3 Å². The molecule has 140 valence electrons. The van der Waals surface area contributed by atoms with Gasteiger partial charge in [0.25, 0.3) is 0 Å². The first-order valence-corrected chi connectivity index (χ1v) is 10.2. The van der Waals surface area contributed by atoms with Gasteiger partial charge in [0.05, 0.1) is 23.4 Å². The highest BCUT2D eigenvalue weighted by atomic mass is 35.5. The Balaban J connectivity index is 1.66. The van der Waals surface area contributed by atoms with Crippen LogP contribution in [0.3, 0.4) is 0 Å². The van der Waals surface area contributed by atoms with Gasteiger partial charge in [0.1, 0.15) is 0 Å². The van der Waals surface area contributed by atoms with Crippen LogP contribution >= 0.6 is 22.9 Å². The van der Waals surface area contributed by atoms with Crippen molar-refractivity contribution >= 4 is 34.5 Å². The summed E-state index contributed by atoms with van der Waals surface area (Å²) in [5.74, 6) is -0.0478. The number of hydrogen-bond donors (Lipinski definition) is 1. The Morgan fingerprint density at radius 3 is 2.92 bits per heavy atom. The van der Waals surface area contributed by atoms with Gasteiger partial charge in [-0.3, -0.25) is 9.69 Å². The number of thiophene rings is 1. The van der Waals surface area contributed by atoms with E-state index in [1.54, 1.807) is 11.3 Å². The predicted molar refractivity (Wildman–Crippen MR) is 108 cm³/mol. The van der Waals surface area contributed by atoms with E-state index in [-0.39, 0.29) is 12.0 Å². The summed E-state index contributed by atoms with van der Waals surface area (Å²) in [6.07, 6.45) is 2.38. The Bertz CT molecular complexity index is 719. The average molecular weight is 393 g/mol. The number of ether oxygens (including phenoxy) is 1. The molecule has 26 heavy (non-hydrogen) atoms. The molecule has 2 heterocycles. The van der Waals surface area contributed by atoms with E-state index in [4.69, 9.17) is 16.3 Å². The third kappa shape index (κ3) is 5.30. The van der Waals surface area contributed by atoms with Crippen LogP contribution in [0.15, 0.2) is 29.6 Å². The van der Waals surface area contributed by atoms with Crippen molar-refractivity contribution in [3.8, 4) is 0 Å². The van der Waals surface area contributed by atoms with Gasteiger partial charge < -0.3 is 10.1 Å². The second-order valence-corrected chi connectivity index (χ2v) is 8.31. The van der Waals surface area contributed by atoms with Gasteiger partial charge in [0.15, 0.2) is 0 Å². The van der Waals surface area contributed by atoms with Crippen LogP contribution in [-0.2, 0) is 16.1 Å². The molecule has 1 N–H and O–H groups in total. The zero-order chi connectivity index (χ0) is 18.5. The van der Waals surface area contributed by atoms with E-state index < -0.39 is 0 Å². The van der Waals surface area contributed by atoms with E-state index in [2.05, 4.69) is 21.7 Å². The molecule has 0 saturated carbocycles. The van der Waals surface area contributed by atoms with Crippen molar-refractivity contribution in [2.75, 3.05) is 25.0 Å². The maximum absolute atomic E-state index is 12.7. The first-order chi connectivity index (χ1) is 12.5. The van der Waals surface area contributed by atoms with Gasteiger partial charge in [-0.15, -0.1) is 11.3 Å². The van der Waals surface area contributed by atoms with E-state index in [1.165, 1.54) is 4.88 Å².